The van der Waals surface area contributed by atoms with E-state index in [1.54, 1.807) is 19.1 Å². The number of aromatic nitrogens is 2. The van der Waals surface area contributed by atoms with E-state index in [1.807, 2.05) is 41.3 Å². The van der Waals surface area contributed by atoms with E-state index in [-0.39, 0.29) is 18.4 Å². The van der Waals surface area contributed by atoms with Gasteiger partial charge in [0, 0.05) is 37.8 Å². The van der Waals surface area contributed by atoms with Crippen LogP contribution in [0.25, 0.3) is 22.0 Å². The van der Waals surface area contributed by atoms with E-state index in [2.05, 4.69) is 9.88 Å². The van der Waals surface area contributed by atoms with E-state index >= 15 is 0 Å². The molecule has 192 valence electrons. The third-order valence-electron chi connectivity index (χ3n) is 6.59. The first-order chi connectivity index (χ1) is 17.0. The lowest BCUT2D eigenvalue weighted by molar-refractivity contribution is 0.0156. The number of anilines is 2. The van der Waals surface area contributed by atoms with Gasteiger partial charge in [-0.05, 0) is 12.0 Å². The molecule has 0 radical (unpaired) electrons. The second-order valence-electron chi connectivity index (χ2n) is 8.83. The summed E-state index contributed by atoms with van der Waals surface area (Å²) in [5.41, 5.74) is 8.92. The number of hydrogen-bond acceptors (Lipinski definition) is 8. The van der Waals surface area contributed by atoms with Crippen molar-refractivity contribution < 1.29 is 19.4 Å². The van der Waals surface area contributed by atoms with Crippen molar-refractivity contribution in [3.8, 4) is 22.6 Å². The van der Waals surface area contributed by atoms with E-state index in [0.29, 0.717) is 73.4 Å². The zero-order chi connectivity index (χ0) is 24.5. The van der Waals surface area contributed by atoms with Crippen molar-refractivity contribution in [3.63, 3.8) is 0 Å². The molecule has 0 atom stereocenters. The van der Waals surface area contributed by atoms with Gasteiger partial charge in [0.05, 0.1) is 44.3 Å². The van der Waals surface area contributed by atoms with Crippen molar-refractivity contribution in [2.75, 3.05) is 64.1 Å². The number of ether oxygens (including phenoxy) is 2. The Kier molecular flexibility index (Phi) is 7.56. The van der Waals surface area contributed by atoms with Crippen molar-refractivity contribution in [1.29, 1.82) is 0 Å². The number of nitrogens with two attached hydrogens (primary N) is 1. The highest BCUT2D eigenvalue weighted by Crippen LogP contribution is 2.45. The number of aliphatic hydroxyl groups excluding tert-OH is 1. The molecule has 2 fully saturated rings. The highest BCUT2D eigenvalue weighted by atomic mass is 35.5. The Labute approximate surface area is 216 Å². The van der Waals surface area contributed by atoms with Gasteiger partial charge in [-0.15, -0.1) is 12.4 Å². The normalized spacial score (nSPS) is 16.2. The number of nitrogen functional groups attached to an aromatic ring is 1. The molecule has 3 aromatic rings. The number of β-amino-alcohol motifs (C(OH)–C–C–N with tert-alkyl or cyclic N) is 1. The van der Waals surface area contributed by atoms with Gasteiger partial charge in [-0.3, -0.25) is 0 Å². The molecule has 2 aliphatic heterocycles. The summed E-state index contributed by atoms with van der Waals surface area (Å²) in [6.45, 7) is 3.29. The molecule has 0 spiro atoms. The minimum atomic E-state index is -0.409. The third kappa shape index (κ3) is 4.66. The van der Waals surface area contributed by atoms with Crippen LogP contribution < -0.4 is 20.1 Å². The van der Waals surface area contributed by atoms with Crippen molar-refractivity contribution in [2.24, 2.45) is 0 Å². The summed E-state index contributed by atoms with van der Waals surface area (Å²) in [7, 11) is 3.20. The lowest BCUT2D eigenvalue weighted by Gasteiger charge is -2.39. The Hall–Kier alpha value is -3.50. The van der Waals surface area contributed by atoms with E-state index in [4.69, 9.17) is 20.2 Å². The molecule has 0 saturated carbocycles. The number of aliphatic hydroxyl groups is 1. The number of hydrogen-bond donors (Lipinski definition) is 2. The van der Waals surface area contributed by atoms with Crippen LogP contribution in [0, 0.1) is 0 Å². The summed E-state index contributed by atoms with van der Waals surface area (Å²) in [5, 5.41) is 10.2. The number of urea groups is 1. The molecule has 36 heavy (non-hydrogen) atoms. The first-order valence-electron chi connectivity index (χ1n) is 11.7. The molecule has 2 saturated heterocycles. The van der Waals surface area contributed by atoms with Crippen LogP contribution >= 0.6 is 12.4 Å². The van der Waals surface area contributed by atoms with Gasteiger partial charge in [0.25, 0.3) is 0 Å². The molecule has 2 aromatic carbocycles. The minimum Gasteiger partial charge on any atom is -0.493 e. The molecule has 0 unspecified atom stereocenters. The van der Waals surface area contributed by atoms with Crippen LogP contribution in [0.4, 0.5) is 16.6 Å². The van der Waals surface area contributed by atoms with Gasteiger partial charge in [0.2, 0.25) is 5.95 Å². The summed E-state index contributed by atoms with van der Waals surface area (Å²) in [6, 6.07) is 11.6. The number of carbonyl (C=O) groups excluding carboxylic acids is 1. The summed E-state index contributed by atoms with van der Waals surface area (Å²) in [5.74, 6) is 2.02. The first-order valence-corrected chi connectivity index (χ1v) is 11.7. The maximum atomic E-state index is 12.7. The zero-order valence-electron chi connectivity index (χ0n) is 20.4. The molecule has 10 nitrogen and oxygen atoms in total. The van der Waals surface area contributed by atoms with E-state index < -0.39 is 6.10 Å². The highest BCUT2D eigenvalue weighted by molar-refractivity contribution is 6.05. The van der Waals surface area contributed by atoms with Gasteiger partial charge in [-0.1, -0.05) is 30.3 Å². The summed E-state index contributed by atoms with van der Waals surface area (Å²) in [4.78, 5) is 27.8. The Morgan fingerprint density at radius 2 is 1.78 bits per heavy atom. The maximum Gasteiger partial charge on any atom is 0.320 e. The van der Waals surface area contributed by atoms with Crippen molar-refractivity contribution in [1.82, 2.24) is 19.8 Å². The molecular formula is C25H31ClN6O4. The van der Waals surface area contributed by atoms with E-state index in [0.717, 1.165) is 17.5 Å². The number of fused-ring (bicyclic) bond motifs is 1. The second kappa shape index (κ2) is 10.6. The van der Waals surface area contributed by atoms with Gasteiger partial charge in [-0.25, -0.2) is 9.78 Å². The van der Waals surface area contributed by atoms with Gasteiger partial charge >= 0.3 is 6.03 Å². The van der Waals surface area contributed by atoms with Crippen molar-refractivity contribution in [3.05, 3.63) is 36.4 Å². The molecule has 11 heteroatoms. The fourth-order valence-electron chi connectivity index (χ4n) is 4.77. The minimum absolute atomic E-state index is 0. The molecule has 2 aliphatic rings. The maximum absolute atomic E-state index is 12.7. The number of rotatable bonds is 4. The predicted molar refractivity (Wildman–Crippen MR) is 141 cm³/mol. The van der Waals surface area contributed by atoms with Crippen LogP contribution in [0.2, 0.25) is 0 Å². The smallest absolute Gasteiger partial charge is 0.320 e. The Morgan fingerprint density at radius 1 is 1.03 bits per heavy atom. The Bertz CT molecular complexity index is 1240. The van der Waals surface area contributed by atoms with Crippen LogP contribution in [0.15, 0.2) is 36.4 Å². The number of halogens is 1. The monoisotopic (exact) mass is 514 g/mol. The number of benzene rings is 2. The molecular weight excluding hydrogens is 484 g/mol. The Balaban J connectivity index is 0.00000304. The molecule has 3 heterocycles. The largest absolute Gasteiger partial charge is 0.493 e. The van der Waals surface area contributed by atoms with Crippen LogP contribution in [0.3, 0.4) is 0 Å². The molecule has 1 aromatic heterocycles. The molecule has 0 bridgehead atoms. The van der Waals surface area contributed by atoms with Gasteiger partial charge in [0.15, 0.2) is 11.5 Å². The summed E-state index contributed by atoms with van der Waals surface area (Å²) >= 11 is 0. The average Bonchev–Trinajstić information content (AvgIpc) is 3.12. The standard InChI is InChI=1S/C25H30N6O4.ClH/c1-34-19-13-18-21(20(22(19)35-2)16-7-4-3-5-8-16)23(26)28-24(27-18)29-9-6-10-30(12-11-29)25(33)31-14-17(32)15-31;/h3-5,7-8,13,17,32H,6,9-12,14-15H2,1-2H3,(H2,26,27,28);1H. The topological polar surface area (TPSA) is 117 Å². The molecule has 2 amide bonds. The quantitative estimate of drug-likeness (QED) is 0.545. The first kappa shape index (κ1) is 25.6. The summed E-state index contributed by atoms with van der Waals surface area (Å²) < 4.78 is 11.4. The highest BCUT2D eigenvalue weighted by Gasteiger charge is 2.33. The SMILES string of the molecule is COc1cc2nc(N3CCCN(C(=O)N4CC(O)C4)CC3)nc(N)c2c(-c2ccccc2)c1OC.Cl. The lowest BCUT2D eigenvalue weighted by Crippen LogP contribution is -2.58. The van der Waals surface area contributed by atoms with Gasteiger partial charge < -0.3 is 35.0 Å². The van der Waals surface area contributed by atoms with Gasteiger partial charge in [-0.2, -0.15) is 4.98 Å². The number of carbonyl (C=O) groups is 1. The van der Waals surface area contributed by atoms with Gasteiger partial charge in [0.1, 0.15) is 5.82 Å². The van der Waals surface area contributed by atoms with Crippen LogP contribution in [0.5, 0.6) is 11.5 Å². The fraction of sp³-hybridized carbons (Fsp3) is 0.400. The number of methoxy groups -OCH3 is 2. The summed E-state index contributed by atoms with van der Waals surface area (Å²) in [6.07, 6.45) is 0.373. The third-order valence-corrected chi connectivity index (χ3v) is 6.59. The number of amides is 2. The van der Waals surface area contributed by atoms with E-state index in [9.17, 15) is 9.90 Å². The van der Waals surface area contributed by atoms with Crippen molar-refractivity contribution >= 4 is 41.1 Å². The molecule has 0 aliphatic carbocycles. The number of likely N-dealkylation sites (tertiary alicyclic amines) is 1. The van der Waals surface area contributed by atoms with Crippen LogP contribution in [-0.4, -0.2) is 90.5 Å². The number of nitrogens with zero attached hydrogens (tertiary/aromatic N) is 5. The lowest BCUT2D eigenvalue weighted by atomic mass is 9.99. The Morgan fingerprint density at radius 3 is 2.44 bits per heavy atom. The zero-order valence-corrected chi connectivity index (χ0v) is 21.2. The molecule has 5 rings (SSSR count). The van der Waals surface area contributed by atoms with Crippen LogP contribution in [0.1, 0.15) is 6.42 Å². The van der Waals surface area contributed by atoms with Crippen molar-refractivity contribution in [2.45, 2.75) is 12.5 Å². The van der Waals surface area contributed by atoms with E-state index in [1.165, 1.54) is 0 Å². The second-order valence-corrected chi connectivity index (χ2v) is 8.83. The fourth-order valence-corrected chi connectivity index (χ4v) is 4.77. The predicted octanol–water partition coefficient (Wildman–Crippen LogP) is 2.63. The molecule has 3 N–H and O–H groups in total. The average molecular weight is 515 g/mol. The van der Waals surface area contributed by atoms with Crippen LogP contribution in [-0.2, 0) is 0 Å².